The van der Waals surface area contributed by atoms with Crippen molar-refractivity contribution in [3.8, 4) is 22.9 Å². The van der Waals surface area contributed by atoms with Crippen LogP contribution in [0.3, 0.4) is 0 Å². The van der Waals surface area contributed by atoms with E-state index >= 15 is 0 Å². The number of aromatic nitrogens is 1. The number of sulfonamides is 1. The van der Waals surface area contributed by atoms with Gasteiger partial charge in [-0.05, 0) is 62.4 Å². The number of halogens is 2. The van der Waals surface area contributed by atoms with Gasteiger partial charge in [0.05, 0.1) is 43.8 Å². The summed E-state index contributed by atoms with van der Waals surface area (Å²) in [5, 5.41) is 4.27. The van der Waals surface area contributed by atoms with Crippen LogP contribution >= 0.6 is 11.6 Å². The Labute approximate surface area is 254 Å². The largest absolute Gasteiger partial charge is 0.495 e. The zero-order chi connectivity index (χ0) is 31.3. The van der Waals surface area contributed by atoms with Gasteiger partial charge in [-0.2, -0.15) is 5.10 Å². The van der Waals surface area contributed by atoms with Crippen LogP contribution < -0.4 is 23.9 Å². The molecule has 10 nitrogen and oxygen atoms in total. The smallest absolute Gasteiger partial charge is 0.265 e. The molecule has 0 atom stereocenters. The summed E-state index contributed by atoms with van der Waals surface area (Å²) in [5.41, 5.74) is 4.89. The van der Waals surface area contributed by atoms with Gasteiger partial charge < -0.3 is 18.8 Å². The molecule has 0 spiro atoms. The number of hydrazone groups is 1. The minimum Gasteiger partial charge on any atom is -0.495 e. The molecule has 226 valence electrons. The highest BCUT2D eigenvalue weighted by molar-refractivity contribution is 7.92. The maximum absolute atomic E-state index is 14.4. The van der Waals surface area contributed by atoms with Crippen molar-refractivity contribution in [1.29, 1.82) is 0 Å². The van der Waals surface area contributed by atoms with Crippen molar-refractivity contribution >= 4 is 39.4 Å². The van der Waals surface area contributed by atoms with Crippen LogP contribution in [0.4, 0.5) is 10.1 Å². The van der Waals surface area contributed by atoms with E-state index in [1.54, 1.807) is 35.8 Å². The second-order valence-corrected chi connectivity index (χ2v) is 11.5. The van der Waals surface area contributed by atoms with Crippen LogP contribution in [0.25, 0.3) is 5.69 Å². The number of carbonyl (C=O) groups is 1. The summed E-state index contributed by atoms with van der Waals surface area (Å²) in [6.45, 7) is 2.95. The number of benzene rings is 3. The number of amides is 1. The zero-order valence-electron chi connectivity index (χ0n) is 24.1. The number of anilines is 1. The van der Waals surface area contributed by atoms with E-state index in [2.05, 4.69) is 10.5 Å². The van der Waals surface area contributed by atoms with E-state index in [9.17, 15) is 17.6 Å². The molecule has 43 heavy (non-hydrogen) atoms. The lowest BCUT2D eigenvalue weighted by Gasteiger charge is -2.25. The van der Waals surface area contributed by atoms with Crippen molar-refractivity contribution in [1.82, 2.24) is 9.99 Å². The average Bonchev–Trinajstić information content (AvgIpc) is 3.27. The zero-order valence-corrected chi connectivity index (χ0v) is 25.7. The number of ether oxygens (including phenoxy) is 3. The number of carbonyl (C=O) groups excluding carboxylic acids is 1. The van der Waals surface area contributed by atoms with Gasteiger partial charge in [0.25, 0.3) is 15.9 Å². The van der Waals surface area contributed by atoms with Gasteiger partial charge in [0.2, 0.25) is 0 Å². The molecule has 13 heteroatoms. The number of methoxy groups -OCH3 is 3. The Balaban J connectivity index is 1.65. The third-order valence-electron chi connectivity index (χ3n) is 6.60. The molecule has 0 fully saturated rings. The second kappa shape index (κ2) is 13.2. The minimum absolute atomic E-state index is 0.0392. The molecule has 0 unspecified atom stereocenters. The molecule has 0 aliphatic heterocycles. The van der Waals surface area contributed by atoms with E-state index in [-0.39, 0.29) is 32.9 Å². The van der Waals surface area contributed by atoms with Crippen LogP contribution in [0.1, 0.15) is 17.0 Å². The molecule has 1 amide bonds. The van der Waals surface area contributed by atoms with Gasteiger partial charge in [-0.3, -0.25) is 9.10 Å². The quantitative estimate of drug-likeness (QED) is 0.179. The summed E-state index contributed by atoms with van der Waals surface area (Å²) < 4.78 is 60.8. The van der Waals surface area contributed by atoms with Crippen molar-refractivity contribution in [3.63, 3.8) is 0 Å². The summed E-state index contributed by atoms with van der Waals surface area (Å²) in [4.78, 5) is 13.0. The summed E-state index contributed by atoms with van der Waals surface area (Å²) in [7, 11) is -0.190. The van der Waals surface area contributed by atoms with Crippen molar-refractivity contribution in [3.05, 3.63) is 94.5 Å². The Morgan fingerprint density at radius 3 is 2.33 bits per heavy atom. The Kier molecular flexibility index (Phi) is 9.62. The molecule has 0 aliphatic carbocycles. The second-order valence-electron chi connectivity index (χ2n) is 9.25. The number of hydrogen-bond acceptors (Lipinski definition) is 7. The number of nitrogens with zero attached hydrogens (tertiary/aromatic N) is 3. The normalized spacial score (nSPS) is 11.4. The van der Waals surface area contributed by atoms with Gasteiger partial charge in [0.15, 0.2) is 11.5 Å². The SMILES string of the molecule is COc1ccc(S(=O)(=O)N(CC(=O)N/N=C/c2cc(C)n(-c3ccccc3F)c2C)c2cc(Cl)ccc2OC)cc1OC. The van der Waals surface area contributed by atoms with Crippen LogP contribution in [0.15, 0.2) is 76.7 Å². The first-order valence-electron chi connectivity index (χ1n) is 12.9. The molecule has 0 radical (unpaired) electrons. The van der Waals surface area contributed by atoms with Gasteiger partial charge in [0, 0.05) is 28.0 Å². The van der Waals surface area contributed by atoms with Crippen LogP contribution in [0, 0.1) is 19.7 Å². The first kappa shape index (κ1) is 31.4. The maximum Gasteiger partial charge on any atom is 0.265 e. The Morgan fingerprint density at radius 1 is 0.977 bits per heavy atom. The molecule has 3 aromatic carbocycles. The lowest BCUT2D eigenvalue weighted by molar-refractivity contribution is -0.119. The number of para-hydroxylation sites is 1. The van der Waals surface area contributed by atoms with E-state index < -0.39 is 22.5 Å². The van der Waals surface area contributed by atoms with Crippen LogP contribution in [-0.4, -0.2) is 53.0 Å². The summed E-state index contributed by atoms with van der Waals surface area (Å²) in [5.74, 6) is -0.442. The molecular weight excluding hydrogens is 599 g/mol. The lowest BCUT2D eigenvalue weighted by Crippen LogP contribution is -2.39. The molecule has 0 saturated heterocycles. The van der Waals surface area contributed by atoms with Crippen LogP contribution in [-0.2, 0) is 14.8 Å². The molecule has 1 N–H and O–H groups in total. The molecule has 0 bridgehead atoms. The fraction of sp³-hybridized carbons (Fsp3) is 0.200. The topological polar surface area (TPSA) is 111 Å². The van der Waals surface area contributed by atoms with Gasteiger partial charge in [-0.1, -0.05) is 23.7 Å². The monoisotopic (exact) mass is 628 g/mol. The molecule has 1 aromatic heterocycles. The van der Waals surface area contributed by atoms with E-state index in [0.717, 1.165) is 10.00 Å². The van der Waals surface area contributed by atoms with Crippen LogP contribution in [0.2, 0.25) is 5.02 Å². The highest BCUT2D eigenvalue weighted by Crippen LogP contribution is 2.37. The Hall–Kier alpha value is -4.55. The number of nitrogens with one attached hydrogen (secondary N) is 1. The minimum atomic E-state index is -4.37. The van der Waals surface area contributed by atoms with Gasteiger partial charge in [0.1, 0.15) is 18.1 Å². The number of aryl methyl sites for hydroxylation is 1. The maximum atomic E-state index is 14.4. The molecule has 0 aliphatic rings. The Bertz CT molecular complexity index is 1790. The first-order valence-corrected chi connectivity index (χ1v) is 14.7. The highest BCUT2D eigenvalue weighted by Gasteiger charge is 2.30. The predicted molar refractivity (Wildman–Crippen MR) is 163 cm³/mol. The molecule has 0 saturated carbocycles. The van der Waals surface area contributed by atoms with Crippen molar-refractivity contribution < 1.29 is 31.8 Å². The fourth-order valence-electron chi connectivity index (χ4n) is 4.52. The summed E-state index contributed by atoms with van der Waals surface area (Å²) >= 11 is 6.21. The third-order valence-corrected chi connectivity index (χ3v) is 8.59. The standard InChI is InChI=1S/C30H30ClFN4O6S/c1-19-14-21(20(2)36(19)25-9-7-6-8-24(25)32)17-33-34-30(37)18-35(26-15-22(31)10-12-27(26)40-3)43(38,39)23-11-13-28(41-4)29(16-23)42-5/h6-17H,18H2,1-5H3,(H,34,37)/b33-17+. The van der Waals surface area contributed by atoms with Gasteiger partial charge in [-0.25, -0.2) is 18.2 Å². The summed E-state index contributed by atoms with van der Waals surface area (Å²) in [6.07, 6.45) is 1.41. The van der Waals surface area contributed by atoms with Gasteiger partial charge >= 0.3 is 0 Å². The molecule has 4 rings (SSSR count). The number of hydrogen-bond donors (Lipinski definition) is 1. The first-order chi connectivity index (χ1) is 20.5. The third kappa shape index (κ3) is 6.60. The van der Waals surface area contributed by atoms with Crippen molar-refractivity contribution in [2.24, 2.45) is 5.10 Å². The van der Waals surface area contributed by atoms with E-state index in [4.69, 9.17) is 25.8 Å². The average molecular weight is 629 g/mol. The Morgan fingerprint density at radius 2 is 1.65 bits per heavy atom. The van der Waals surface area contributed by atoms with E-state index in [0.29, 0.717) is 22.7 Å². The van der Waals surface area contributed by atoms with Crippen LogP contribution in [0.5, 0.6) is 17.2 Å². The number of rotatable bonds is 11. The fourth-order valence-corrected chi connectivity index (χ4v) is 6.13. The summed E-state index contributed by atoms with van der Waals surface area (Å²) in [6, 6.07) is 16.7. The highest BCUT2D eigenvalue weighted by atomic mass is 35.5. The van der Waals surface area contributed by atoms with E-state index in [1.807, 2.05) is 6.92 Å². The predicted octanol–water partition coefficient (Wildman–Crippen LogP) is 5.26. The molecular formula is C30H30ClFN4O6S. The van der Waals surface area contributed by atoms with Crippen molar-refractivity contribution in [2.45, 2.75) is 18.7 Å². The lowest BCUT2D eigenvalue weighted by atomic mass is 10.2. The van der Waals surface area contributed by atoms with Crippen molar-refractivity contribution in [2.75, 3.05) is 32.2 Å². The van der Waals surface area contributed by atoms with Gasteiger partial charge in [-0.15, -0.1) is 0 Å². The molecule has 4 aromatic rings. The molecule has 1 heterocycles. The van der Waals surface area contributed by atoms with E-state index in [1.165, 1.54) is 70.0 Å².